The van der Waals surface area contributed by atoms with E-state index in [1.54, 1.807) is 0 Å². The fraction of sp³-hybridized carbons (Fsp3) is 0.696. The molecule has 1 aromatic rings. The Hall–Kier alpha value is -1.39. The predicted molar refractivity (Wildman–Crippen MR) is 109 cm³/mol. The first-order chi connectivity index (χ1) is 13.1. The summed E-state index contributed by atoms with van der Waals surface area (Å²) in [7, 11) is 0. The van der Waals surface area contributed by atoms with Crippen LogP contribution in [0, 0.1) is 5.41 Å². The minimum absolute atomic E-state index is 0.255. The van der Waals surface area contributed by atoms with Crippen molar-refractivity contribution < 1.29 is 4.79 Å². The molecule has 3 fully saturated rings. The topological polar surface area (TPSA) is 49.6 Å². The van der Waals surface area contributed by atoms with Crippen molar-refractivity contribution in [2.24, 2.45) is 11.1 Å². The molecular weight excluding hydrogens is 334 g/mol. The van der Waals surface area contributed by atoms with Crippen molar-refractivity contribution in [3.8, 4) is 0 Å². The number of hydrogen-bond donors (Lipinski definition) is 1. The number of nitrogens with two attached hydrogens (primary N) is 1. The lowest BCUT2D eigenvalue weighted by molar-refractivity contribution is -0.127. The van der Waals surface area contributed by atoms with Crippen molar-refractivity contribution in [3.63, 3.8) is 0 Å². The fourth-order valence-corrected chi connectivity index (χ4v) is 5.47. The van der Waals surface area contributed by atoms with E-state index in [0.29, 0.717) is 11.9 Å². The first-order valence-electron chi connectivity index (χ1n) is 10.9. The number of nitrogens with zero attached hydrogens (tertiary/aromatic N) is 2. The van der Waals surface area contributed by atoms with E-state index in [4.69, 9.17) is 5.73 Å². The number of amides is 1. The number of hydrogen-bond acceptors (Lipinski definition) is 3. The van der Waals surface area contributed by atoms with Gasteiger partial charge < -0.3 is 15.5 Å². The highest BCUT2D eigenvalue weighted by atomic mass is 16.2. The van der Waals surface area contributed by atoms with Crippen LogP contribution in [0.3, 0.4) is 0 Å². The summed E-state index contributed by atoms with van der Waals surface area (Å²) in [6, 6.07) is 11.8. The van der Waals surface area contributed by atoms with Crippen LogP contribution in [0.5, 0.6) is 0 Å². The monoisotopic (exact) mass is 369 g/mol. The van der Waals surface area contributed by atoms with E-state index in [0.717, 1.165) is 38.4 Å². The SMILES string of the molecule is NC1CCC(N2CCC3(CC2)CC(=O)N(CCCc2ccccc2)C3)CC1. The average molecular weight is 370 g/mol. The van der Waals surface area contributed by atoms with Crippen molar-refractivity contribution in [1.29, 1.82) is 0 Å². The zero-order chi connectivity index (χ0) is 18.7. The van der Waals surface area contributed by atoms with Gasteiger partial charge in [0.15, 0.2) is 0 Å². The summed E-state index contributed by atoms with van der Waals surface area (Å²) in [4.78, 5) is 17.5. The summed E-state index contributed by atoms with van der Waals surface area (Å²) >= 11 is 0. The Labute approximate surface area is 164 Å². The molecule has 0 aromatic heterocycles. The van der Waals surface area contributed by atoms with E-state index < -0.39 is 0 Å². The predicted octanol–water partition coefficient (Wildman–Crippen LogP) is 3.20. The van der Waals surface area contributed by atoms with Gasteiger partial charge in [-0.15, -0.1) is 0 Å². The lowest BCUT2D eigenvalue weighted by Gasteiger charge is -2.44. The van der Waals surface area contributed by atoms with Gasteiger partial charge in [-0.25, -0.2) is 0 Å². The number of aryl methyl sites for hydroxylation is 1. The standard InChI is InChI=1S/C23H35N3O/c24-20-8-10-21(11-9-20)25-15-12-23(13-16-25)17-22(27)26(18-23)14-4-7-19-5-2-1-3-6-19/h1-3,5-6,20-21H,4,7-18,24H2. The molecule has 0 radical (unpaired) electrons. The third-order valence-electron chi connectivity index (χ3n) is 7.26. The number of carbonyl (C=O) groups is 1. The summed E-state index contributed by atoms with van der Waals surface area (Å²) in [5.74, 6) is 0.389. The number of carbonyl (C=O) groups excluding carboxylic acids is 1. The van der Waals surface area contributed by atoms with Crippen LogP contribution in [-0.2, 0) is 11.2 Å². The van der Waals surface area contributed by atoms with E-state index in [1.807, 2.05) is 0 Å². The largest absolute Gasteiger partial charge is 0.342 e. The van der Waals surface area contributed by atoms with Crippen molar-refractivity contribution in [3.05, 3.63) is 35.9 Å². The van der Waals surface area contributed by atoms with Gasteiger partial charge in [-0.3, -0.25) is 4.79 Å². The van der Waals surface area contributed by atoms with Crippen LogP contribution in [0.25, 0.3) is 0 Å². The summed E-state index contributed by atoms with van der Waals surface area (Å²) in [6.45, 7) is 4.25. The molecule has 1 aromatic carbocycles. The molecule has 2 heterocycles. The van der Waals surface area contributed by atoms with Gasteiger partial charge in [-0.1, -0.05) is 30.3 Å². The fourth-order valence-electron chi connectivity index (χ4n) is 5.47. The summed E-state index contributed by atoms with van der Waals surface area (Å²) < 4.78 is 0. The lowest BCUT2D eigenvalue weighted by atomic mass is 9.76. The Bertz CT molecular complexity index is 616. The maximum atomic E-state index is 12.6. The number of benzene rings is 1. The highest BCUT2D eigenvalue weighted by molar-refractivity contribution is 5.79. The van der Waals surface area contributed by atoms with E-state index in [1.165, 1.54) is 57.2 Å². The van der Waals surface area contributed by atoms with Gasteiger partial charge in [0.2, 0.25) is 5.91 Å². The van der Waals surface area contributed by atoms with Crippen molar-refractivity contribution >= 4 is 5.91 Å². The van der Waals surface area contributed by atoms with Crippen LogP contribution in [-0.4, -0.2) is 54.0 Å². The van der Waals surface area contributed by atoms with Gasteiger partial charge in [-0.05, 0) is 75.4 Å². The molecule has 1 aliphatic carbocycles. The quantitative estimate of drug-likeness (QED) is 0.867. The molecule has 0 unspecified atom stereocenters. The number of rotatable bonds is 5. The normalized spacial score (nSPS) is 28.8. The Morgan fingerprint density at radius 3 is 2.44 bits per heavy atom. The molecule has 2 aliphatic heterocycles. The smallest absolute Gasteiger partial charge is 0.223 e. The van der Waals surface area contributed by atoms with E-state index in [2.05, 4.69) is 40.1 Å². The second-order valence-corrected chi connectivity index (χ2v) is 9.19. The first-order valence-corrected chi connectivity index (χ1v) is 10.9. The van der Waals surface area contributed by atoms with Crippen molar-refractivity contribution in [1.82, 2.24) is 9.80 Å². The van der Waals surface area contributed by atoms with Gasteiger partial charge in [0.1, 0.15) is 0 Å². The zero-order valence-electron chi connectivity index (χ0n) is 16.6. The van der Waals surface area contributed by atoms with Crippen LogP contribution in [0.1, 0.15) is 56.9 Å². The molecule has 0 bridgehead atoms. The first kappa shape index (κ1) is 18.9. The van der Waals surface area contributed by atoms with Crippen LogP contribution in [0.2, 0.25) is 0 Å². The van der Waals surface area contributed by atoms with Crippen molar-refractivity contribution in [2.45, 2.75) is 69.9 Å². The Kier molecular flexibility index (Phi) is 5.84. The number of likely N-dealkylation sites (tertiary alicyclic amines) is 2. The molecule has 4 heteroatoms. The second kappa shape index (κ2) is 8.32. The van der Waals surface area contributed by atoms with Gasteiger partial charge >= 0.3 is 0 Å². The van der Waals surface area contributed by atoms with Crippen LogP contribution in [0.15, 0.2) is 30.3 Å². The Balaban J connectivity index is 1.24. The molecule has 4 rings (SSSR count). The molecule has 0 atom stereocenters. The van der Waals surface area contributed by atoms with Crippen molar-refractivity contribution in [2.75, 3.05) is 26.2 Å². The average Bonchev–Trinajstić information content (AvgIpc) is 2.99. The summed E-state index contributed by atoms with van der Waals surface area (Å²) in [5.41, 5.74) is 7.70. The van der Waals surface area contributed by atoms with Crippen LogP contribution >= 0.6 is 0 Å². The molecule has 1 saturated carbocycles. The lowest BCUT2D eigenvalue weighted by Crippen LogP contribution is -2.48. The molecule has 1 amide bonds. The minimum Gasteiger partial charge on any atom is -0.342 e. The molecule has 27 heavy (non-hydrogen) atoms. The third-order valence-corrected chi connectivity index (χ3v) is 7.26. The highest BCUT2D eigenvalue weighted by Crippen LogP contribution is 2.42. The van der Waals surface area contributed by atoms with Gasteiger partial charge in [0, 0.05) is 31.6 Å². The third kappa shape index (κ3) is 4.55. The van der Waals surface area contributed by atoms with Gasteiger partial charge in [-0.2, -0.15) is 0 Å². The van der Waals surface area contributed by atoms with Gasteiger partial charge in [0.25, 0.3) is 0 Å². The maximum absolute atomic E-state index is 12.6. The highest BCUT2D eigenvalue weighted by Gasteiger charge is 2.45. The van der Waals surface area contributed by atoms with Crippen LogP contribution < -0.4 is 5.73 Å². The molecule has 4 nitrogen and oxygen atoms in total. The molecular formula is C23H35N3O. The van der Waals surface area contributed by atoms with E-state index in [9.17, 15) is 4.79 Å². The molecule has 2 saturated heterocycles. The second-order valence-electron chi connectivity index (χ2n) is 9.19. The molecule has 3 aliphatic rings. The summed E-state index contributed by atoms with van der Waals surface area (Å²) in [5, 5.41) is 0. The van der Waals surface area contributed by atoms with E-state index >= 15 is 0 Å². The molecule has 148 valence electrons. The Morgan fingerprint density at radius 2 is 1.74 bits per heavy atom. The zero-order valence-corrected chi connectivity index (χ0v) is 16.6. The maximum Gasteiger partial charge on any atom is 0.223 e. The molecule has 2 N–H and O–H groups in total. The van der Waals surface area contributed by atoms with Gasteiger partial charge in [0.05, 0.1) is 0 Å². The molecule has 1 spiro atoms. The summed E-state index contributed by atoms with van der Waals surface area (Å²) in [6.07, 6.45) is 10.2. The Morgan fingerprint density at radius 1 is 1.04 bits per heavy atom. The van der Waals surface area contributed by atoms with Crippen LogP contribution in [0.4, 0.5) is 0 Å². The van der Waals surface area contributed by atoms with E-state index in [-0.39, 0.29) is 5.41 Å². The number of piperidine rings is 1. The minimum atomic E-state index is 0.255.